The molecule has 56 heavy (non-hydrogen) atoms. The Labute approximate surface area is 326 Å². The Morgan fingerprint density at radius 3 is 2.36 bits per heavy atom. The van der Waals surface area contributed by atoms with E-state index in [1.807, 2.05) is 25.3 Å². The standard InChI is InChI=1S/C35H39N7O12S2/c1-35(2,3)40-11-16(28(47)18-8-21(43)22(44)9-20(18)40)12-42(6-4-5-7-42)13-17-14-55-31-26(30(49)41(31)27(17)33(52)53)38-29(48)25(19-15-56-34(36)37-19)39-54-23(32(50)51)10-24(45)46/h8-9,11,15,23,26,31H,4-7,10,12-14H2,1-3H3,(H7-,36,37,38,39,43,44,45,46,47,48,50,51,52,53)/p+1/t23-,26+,31+/m0/s1. The van der Waals surface area contributed by atoms with Crippen LogP contribution in [0.3, 0.4) is 0 Å². The highest BCUT2D eigenvalue weighted by molar-refractivity contribution is 8.00. The minimum absolute atomic E-state index is 0.0248. The van der Waals surface area contributed by atoms with Gasteiger partial charge in [-0.3, -0.25) is 24.1 Å². The number of quaternary nitrogens is 1. The van der Waals surface area contributed by atoms with Crippen molar-refractivity contribution in [1.82, 2.24) is 19.8 Å². The monoisotopic (exact) mass is 814 g/mol. The molecule has 0 spiro atoms. The molecule has 2 fully saturated rings. The van der Waals surface area contributed by atoms with Gasteiger partial charge in [0.15, 0.2) is 27.8 Å². The number of phenols is 2. The van der Waals surface area contributed by atoms with Gasteiger partial charge in [0.25, 0.3) is 11.8 Å². The zero-order chi connectivity index (χ0) is 40.9. The second kappa shape index (κ2) is 15.1. The van der Waals surface area contributed by atoms with Crippen LogP contribution in [0.4, 0.5) is 5.13 Å². The number of carboxylic acid groups (broad SMARTS) is 3. The lowest BCUT2D eigenvalue weighted by Gasteiger charge is -2.50. The summed E-state index contributed by atoms with van der Waals surface area (Å²) in [4.78, 5) is 86.6. The van der Waals surface area contributed by atoms with Crippen molar-refractivity contribution < 1.29 is 58.8 Å². The summed E-state index contributed by atoms with van der Waals surface area (Å²) in [7, 11) is 0. The van der Waals surface area contributed by atoms with Crippen LogP contribution in [0.5, 0.6) is 11.5 Å². The summed E-state index contributed by atoms with van der Waals surface area (Å²) < 4.78 is 2.21. The van der Waals surface area contributed by atoms with Crippen molar-refractivity contribution in [1.29, 1.82) is 0 Å². The molecule has 0 aliphatic carbocycles. The molecule has 2 amide bonds. The normalized spacial score (nSPS) is 20.0. The summed E-state index contributed by atoms with van der Waals surface area (Å²) in [6, 6.07) is 1.38. The molecule has 1 aromatic carbocycles. The molecule has 3 aliphatic heterocycles. The Kier molecular flexibility index (Phi) is 10.8. The van der Waals surface area contributed by atoms with E-state index in [1.54, 1.807) is 6.20 Å². The Morgan fingerprint density at radius 2 is 1.77 bits per heavy atom. The van der Waals surface area contributed by atoms with Gasteiger partial charge in [0, 0.05) is 47.3 Å². The quantitative estimate of drug-likeness (QED) is 0.0422. The second-order valence-electron chi connectivity index (χ2n) is 14.9. The molecule has 0 unspecified atom stereocenters. The molecule has 2 aromatic heterocycles. The maximum absolute atomic E-state index is 13.9. The molecule has 21 heteroatoms. The van der Waals surface area contributed by atoms with Gasteiger partial charge in [0.2, 0.25) is 6.10 Å². The maximum atomic E-state index is 13.9. The third-order valence-corrected chi connectivity index (χ3v) is 11.9. The number of nitrogens with zero attached hydrogens (tertiary/aromatic N) is 5. The summed E-state index contributed by atoms with van der Waals surface area (Å²) in [6.07, 6.45) is 0.467. The van der Waals surface area contributed by atoms with Crippen LogP contribution in [0.15, 0.2) is 44.9 Å². The number of amides is 2. The van der Waals surface area contributed by atoms with Gasteiger partial charge in [0.1, 0.15) is 35.9 Å². The molecule has 2 saturated heterocycles. The largest absolute Gasteiger partial charge is 0.504 e. The van der Waals surface area contributed by atoms with Crippen LogP contribution < -0.4 is 16.5 Å². The summed E-state index contributed by atoms with van der Waals surface area (Å²) in [5.74, 6) is -6.85. The number of hydrogen-bond acceptors (Lipinski definition) is 14. The first kappa shape index (κ1) is 40.0. The van der Waals surface area contributed by atoms with Crippen molar-refractivity contribution in [2.45, 2.75) is 69.6 Å². The van der Waals surface area contributed by atoms with Gasteiger partial charge in [-0.2, -0.15) is 0 Å². The van der Waals surface area contributed by atoms with Gasteiger partial charge in [-0.1, -0.05) is 5.16 Å². The van der Waals surface area contributed by atoms with Crippen LogP contribution in [-0.4, -0.2) is 123 Å². The molecule has 0 radical (unpaired) electrons. The predicted molar refractivity (Wildman–Crippen MR) is 202 cm³/mol. The second-order valence-corrected chi connectivity index (χ2v) is 16.8. The van der Waals surface area contributed by atoms with Crippen molar-refractivity contribution in [3.8, 4) is 11.5 Å². The average molecular weight is 815 g/mol. The minimum atomic E-state index is -1.95. The lowest BCUT2D eigenvalue weighted by molar-refractivity contribution is -0.925. The number of aliphatic carboxylic acids is 3. The molecular weight excluding hydrogens is 775 g/mol. The van der Waals surface area contributed by atoms with E-state index in [0.29, 0.717) is 34.2 Å². The highest BCUT2D eigenvalue weighted by Crippen LogP contribution is 2.42. The number of hydrogen-bond donors (Lipinski definition) is 7. The number of benzene rings is 1. The molecule has 3 aliphatic rings. The summed E-state index contributed by atoms with van der Waals surface area (Å²) >= 11 is 2.16. The Balaban J connectivity index is 1.27. The molecule has 6 rings (SSSR count). The van der Waals surface area contributed by atoms with Gasteiger partial charge < -0.3 is 50.5 Å². The molecule has 3 atom stereocenters. The maximum Gasteiger partial charge on any atom is 0.352 e. The van der Waals surface area contributed by atoms with Crippen LogP contribution in [-0.2, 0) is 40.9 Å². The van der Waals surface area contributed by atoms with Gasteiger partial charge in [-0.05, 0) is 26.8 Å². The Hall–Kier alpha value is -5.67. The number of β-lactam (4-membered cyclic amide) rings is 1. The molecule has 8 N–H and O–H groups in total. The SMILES string of the molecule is CC(C)(C)n1cc(C[N+]2(CC3=C(C(=O)O)N4C(=O)[C@@H](NC(=O)/C(=N\O[C@@H](CC(=O)O)C(=O)O)c5csc(N)n5)[C@H]4SC3)CCCC2)c(=O)c2cc(O)c(O)cc21. The van der Waals surface area contributed by atoms with E-state index in [-0.39, 0.29) is 51.9 Å². The molecule has 0 bridgehead atoms. The van der Waals surface area contributed by atoms with Crippen LogP contribution in [0.2, 0.25) is 0 Å². The number of likely N-dealkylation sites (tertiary alicyclic amines) is 1. The third-order valence-electron chi connectivity index (χ3n) is 9.87. The average Bonchev–Trinajstić information content (AvgIpc) is 3.76. The van der Waals surface area contributed by atoms with Gasteiger partial charge in [0.05, 0.1) is 36.0 Å². The van der Waals surface area contributed by atoms with E-state index >= 15 is 0 Å². The number of carbonyl (C=O) groups excluding carboxylic acids is 2. The number of thiazole rings is 1. The van der Waals surface area contributed by atoms with Crippen molar-refractivity contribution in [2.75, 3.05) is 31.1 Å². The first-order chi connectivity index (χ1) is 26.3. The number of thioether (sulfide) groups is 1. The number of rotatable bonds is 13. The first-order valence-corrected chi connectivity index (χ1v) is 19.3. The smallest absolute Gasteiger partial charge is 0.352 e. The highest BCUT2D eigenvalue weighted by Gasteiger charge is 2.55. The van der Waals surface area contributed by atoms with Crippen molar-refractivity contribution in [3.05, 3.63) is 56.5 Å². The summed E-state index contributed by atoms with van der Waals surface area (Å²) in [6.45, 7) is 7.55. The van der Waals surface area contributed by atoms with Crippen LogP contribution in [0.1, 0.15) is 51.3 Å². The Morgan fingerprint density at radius 1 is 1.09 bits per heavy atom. The van der Waals surface area contributed by atoms with E-state index in [9.17, 15) is 49.2 Å². The van der Waals surface area contributed by atoms with E-state index < -0.39 is 70.7 Å². The predicted octanol–water partition coefficient (Wildman–Crippen LogP) is 1.40. The molecule has 3 aromatic rings. The number of aromatic hydroxyl groups is 2. The van der Waals surface area contributed by atoms with Gasteiger partial charge in [-0.15, -0.1) is 23.1 Å². The number of nitrogen functional groups attached to an aromatic ring is 1. The fourth-order valence-electron chi connectivity index (χ4n) is 7.28. The zero-order valence-corrected chi connectivity index (χ0v) is 32.1. The van der Waals surface area contributed by atoms with Crippen molar-refractivity contribution in [2.24, 2.45) is 5.16 Å². The lowest BCUT2D eigenvalue weighted by atomic mass is 10.0. The summed E-state index contributed by atoms with van der Waals surface area (Å²) in [5, 5.41) is 56.2. The number of pyridine rings is 1. The van der Waals surface area contributed by atoms with Crippen molar-refractivity contribution in [3.63, 3.8) is 0 Å². The van der Waals surface area contributed by atoms with E-state index in [4.69, 9.17) is 15.7 Å². The number of fused-ring (bicyclic) bond motifs is 2. The van der Waals surface area contributed by atoms with Gasteiger partial charge >= 0.3 is 17.9 Å². The fourth-order valence-corrected chi connectivity index (χ4v) is 9.16. The number of oxime groups is 1. The fraction of sp³-hybridized carbons (Fsp3) is 0.429. The number of nitrogens with two attached hydrogens (primary N) is 1. The molecule has 0 saturated carbocycles. The lowest BCUT2D eigenvalue weighted by Crippen LogP contribution is -2.71. The van der Waals surface area contributed by atoms with E-state index in [2.05, 4.69) is 15.5 Å². The van der Waals surface area contributed by atoms with Gasteiger partial charge in [-0.25, -0.2) is 14.6 Å². The van der Waals surface area contributed by atoms with E-state index in [0.717, 1.165) is 29.1 Å². The third kappa shape index (κ3) is 7.73. The first-order valence-electron chi connectivity index (χ1n) is 17.4. The van der Waals surface area contributed by atoms with Crippen LogP contribution in [0, 0.1) is 0 Å². The number of aromatic nitrogens is 2. The molecule has 19 nitrogen and oxygen atoms in total. The molecule has 5 heterocycles. The Bertz CT molecular complexity index is 2270. The minimum Gasteiger partial charge on any atom is -0.504 e. The summed E-state index contributed by atoms with van der Waals surface area (Å²) in [5.41, 5.74) is 5.31. The topological polar surface area (TPSA) is 284 Å². The number of phenolic OH excluding ortho intramolecular Hbond substituents is 2. The molecule has 298 valence electrons. The van der Waals surface area contributed by atoms with Crippen molar-refractivity contribution >= 4 is 74.6 Å². The number of nitrogens with one attached hydrogen (secondary N) is 1. The molecular formula is C35H40N7O12S2+. The number of carbonyl (C=O) groups is 5. The van der Waals surface area contributed by atoms with Crippen LogP contribution >= 0.6 is 23.1 Å². The number of anilines is 1. The zero-order valence-electron chi connectivity index (χ0n) is 30.4. The highest BCUT2D eigenvalue weighted by atomic mass is 32.2. The number of carboxylic acids is 3. The van der Waals surface area contributed by atoms with E-state index in [1.165, 1.54) is 29.3 Å². The van der Waals surface area contributed by atoms with Crippen LogP contribution in [0.25, 0.3) is 10.9 Å².